The second-order valence-electron chi connectivity index (χ2n) is 5.73. The van der Waals surface area contributed by atoms with Crippen LogP contribution in [0.5, 0.6) is 0 Å². The van der Waals surface area contributed by atoms with Gasteiger partial charge in [0.2, 0.25) is 5.91 Å². The molecule has 0 aliphatic heterocycles. The largest absolute Gasteiger partial charge is 0.316 e. The summed E-state index contributed by atoms with van der Waals surface area (Å²) in [7, 11) is 0. The molecule has 3 heterocycles. The average Bonchev–Trinajstić information content (AvgIpc) is 3.39. The van der Waals surface area contributed by atoms with Crippen LogP contribution in [0.15, 0.2) is 28.0 Å². The average molecular weight is 418 g/mol. The molecule has 0 spiro atoms. The van der Waals surface area contributed by atoms with E-state index in [0.29, 0.717) is 10.6 Å². The zero-order valence-corrected chi connectivity index (χ0v) is 17.5. The van der Waals surface area contributed by atoms with Gasteiger partial charge in [-0.25, -0.2) is 0 Å². The van der Waals surface area contributed by atoms with Gasteiger partial charge in [0.25, 0.3) is 0 Å². The van der Waals surface area contributed by atoms with Gasteiger partial charge in [0.15, 0.2) is 11.0 Å². The van der Waals surface area contributed by atoms with Crippen molar-refractivity contribution in [2.45, 2.75) is 38.4 Å². The number of hydrogen-bond donors (Lipinski definition) is 1. The standard InChI is InChI=1S/C18H19N5OS3/c1-3-6-23-16(13-8-14(4-2)26-10-13)21-22-18(23)27-11-15(24)20-17-12(9-19)5-7-25-17/h5,7-8,10H,3-4,6,11H2,1-2H3,(H,20,24). The summed E-state index contributed by atoms with van der Waals surface area (Å²) in [5.74, 6) is 0.908. The molecule has 0 fully saturated rings. The van der Waals surface area contributed by atoms with Crippen molar-refractivity contribution in [3.05, 3.63) is 33.3 Å². The molecule has 0 aliphatic carbocycles. The Bertz CT molecular complexity index is 966. The molecule has 3 aromatic heterocycles. The zero-order valence-electron chi connectivity index (χ0n) is 15.1. The van der Waals surface area contributed by atoms with Gasteiger partial charge in [-0.05, 0) is 30.4 Å². The first-order chi connectivity index (χ1) is 13.2. The summed E-state index contributed by atoms with van der Waals surface area (Å²) in [6.07, 6.45) is 1.96. The number of carbonyl (C=O) groups excluding carboxylic acids is 1. The maximum Gasteiger partial charge on any atom is 0.235 e. The number of carbonyl (C=O) groups is 1. The van der Waals surface area contributed by atoms with Crippen molar-refractivity contribution in [1.82, 2.24) is 14.8 Å². The summed E-state index contributed by atoms with van der Waals surface area (Å²) >= 11 is 4.43. The fraction of sp³-hybridized carbons (Fsp3) is 0.333. The highest BCUT2D eigenvalue weighted by Gasteiger charge is 2.17. The van der Waals surface area contributed by atoms with Gasteiger partial charge in [-0.1, -0.05) is 25.6 Å². The highest BCUT2D eigenvalue weighted by atomic mass is 32.2. The molecule has 0 aliphatic rings. The summed E-state index contributed by atoms with van der Waals surface area (Å²) in [5, 5.41) is 25.7. The van der Waals surface area contributed by atoms with Crippen molar-refractivity contribution in [1.29, 1.82) is 5.26 Å². The smallest absolute Gasteiger partial charge is 0.235 e. The predicted molar refractivity (Wildman–Crippen MR) is 111 cm³/mol. The molecule has 27 heavy (non-hydrogen) atoms. The van der Waals surface area contributed by atoms with E-state index in [4.69, 9.17) is 5.26 Å². The van der Waals surface area contributed by atoms with E-state index >= 15 is 0 Å². The van der Waals surface area contributed by atoms with E-state index in [9.17, 15) is 4.79 Å². The zero-order chi connectivity index (χ0) is 19.2. The van der Waals surface area contributed by atoms with Crippen LogP contribution in [-0.2, 0) is 17.8 Å². The number of aryl methyl sites for hydroxylation is 1. The fourth-order valence-electron chi connectivity index (χ4n) is 2.50. The van der Waals surface area contributed by atoms with E-state index < -0.39 is 0 Å². The Morgan fingerprint density at radius 2 is 2.22 bits per heavy atom. The van der Waals surface area contributed by atoms with Crippen LogP contribution in [0.2, 0.25) is 0 Å². The second-order valence-corrected chi connectivity index (χ2v) is 8.58. The maximum absolute atomic E-state index is 12.2. The van der Waals surface area contributed by atoms with Crippen LogP contribution in [0.4, 0.5) is 5.00 Å². The lowest BCUT2D eigenvalue weighted by Crippen LogP contribution is -2.14. The van der Waals surface area contributed by atoms with Crippen molar-refractivity contribution in [2.24, 2.45) is 0 Å². The van der Waals surface area contributed by atoms with Crippen LogP contribution in [0.1, 0.15) is 30.7 Å². The van der Waals surface area contributed by atoms with Crippen molar-refractivity contribution in [2.75, 3.05) is 11.1 Å². The number of thiophene rings is 2. The number of nitrogens with zero attached hydrogens (tertiary/aromatic N) is 4. The molecular formula is C18H19N5OS3. The molecule has 9 heteroatoms. The number of rotatable bonds is 8. The van der Waals surface area contributed by atoms with Crippen LogP contribution in [-0.4, -0.2) is 26.4 Å². The summed E-state index contributed by atoms with van der Waals surface area (Å²) in [5.41, 5.74) is 1.56. The SMILES string of the molecule is CCCn1c(SCC(=O)Nc2sccc2C#N)nnc1-c1csc(CC)c1. The van der Waals surface area contributed by atoms with Gasteiger partial charge in [-0.15, -0.1) is 32.9 Å². The number of hydrogen-bond acceptors (Lipinski definition) is 7. The van der Waals surface area contributed by atoms with E-state index in [-0.39, 0.29) is 11.7 Å². The van der Waals surface area contributed by atoms with Crippen LogP contribution in [0.3, 0.4) is 0 Å². The molecular weight excluding hydrogens is 398 g/mol. The minimum Gasteiger partial charge on any atom is -0.316 e. The molecule has 0 unspecified atom stereocenters. The first-order valence-corrected chi connectivity index (χ1v) is 11.3. The van der Waals surface area contributed by atoms with Gasteiger partial charge in [-0.3, -0.25) is 4.79 Å². The van der Waals surface area contributed by atoms with Crippen molar-refractivity contribution >= 4 is 45.3 Å². The monoisotopic (exact) mass is 417 g/mol. The molecule has 140 valence electrons. The Labute approximate surface area is 170 Å². The number of nitriles is 1. The molecule has 6 nitrogen and oxygen atoms in total. The number of anilines is 1. The topological polar surface area (TPSA) is 83.6 Å². The predicted octanol–water partition coefficient (Wildman–Crippen LogP) is 4.64. The summed E-state index contributed by atoms with van der Waals surface area (Å²) in [6.45, 7) is 5.04. The van der Waals surface area contributed by atoms with Crippen LogP contribution >= 0.6 is 34.4 Å². The lowest BCUT2D eigenvalue weighted by molar-refractivity contribution is -0.113. The van der Waals surface area contributed by atoms with E-state index in [0.717, 1.165) is 35.9 Å². The molecule has 0 radical (unpaired) electrons. The van der Waals surface area contributed by atoms with Gasteiger partial charge >= 0.3 is 0 Å². The Balaban J connectivity index is 1.71. The molecule has 3 rings (SSSR count). The van der Waals surface area contributed by atoms with E-state index in [2.05, 4.69) is 51.4 Å². The minimum atomic E-state index is -0.157. The number of nitrogens with one attached hydrogen (secondary N) is 1. The summed E-state index contributed by atoms with van der Waals surface area (Å²) in [6, 6.07) is 5.92. The number of amides is 1. The molecule has 0 bridgehead atoms. The number of aromatic nitrogens is 3. The summed E-state index contributed by atoms with van der Waals surface area (Å²) < 4.78 is 2.07. The van der Waals surface area contributed by atoms with Gasteiger partial charge in [0.1, 0.15) is 11.1 Å². The Hall–Kier alpha value is -2.15. The van der Waals surface area contributed by atoms with Gasteiger partial charge in [0, 0.05) is 22.4 Å². The highest BCUT2D eigenvalue weighted by Crippen LogP contribution is 2.29. The minimum absolute atomic E-state index is 0.157. The Kier molecular flexibility index (Phi) is 6.66. The molecule has 1 amide bonds. The Morgan fingerprint density at radius 1 is 1.37 bits per heavy atom. The lowest BCUT2D eigenvalue weighted by Gasteiger charge is -2.08. The third-order valence-corrected chi connectivity index (χ3v) is 6.67. The maximum atomic E-state index is 12.2. The number of thioether (sulfide) groups is 1. The normalized spacial score (nSPS) is 10.7. The van der Waals surface area contributed by atoms with E-state index in [1.165, 1.54) is 28.0 Å². The van der Waals surface area contributed by atoms with Crippen LogP contribution in [0, 0.1) is 11.3 Å². The third-order valence-electron chi connectivity index (χ3n) is 3.80. The van der Waals surface area contributed by atoms with E-state index in [1.807, 2.05) is 0 Å². The van der Waals surface area contributed by atoms with E-state index in [1.54, 1.807) is 22.8 Å². The molecule has 1 N–H and O–H groups in total. The van der Waals surface area contributed by atoms with Gasteiger partial charge < -0.3 is 9.88 Å². The van der Waals surface area contributed by atoms with Crippen molar-refractivity contribution in [3.63, 3.8) is 0 Å². The first kappa shape index (κ1) is 19.6. The first-order valence-electron chi connectivity index (χ1n) is 8.57. The van der Waals surface area contributed by atoms with Crippen molar-refractivity contribution in [3.8, 4) is 17.5 Å². The fourth-order valence-corrected chi connectivity index (χ4v) is 4.84. The molecule has 0 aromatic carbocycles. The highest BCUT2D eigenvalue weighted by molar-refractivity contribution is 7.99. The van der Waals surface area contributed by atoms with Gasteiger partial charge in [-0.2, -0.15) is 5.26 Å². The molecule has 0 atom stereocenters. The van der Waals surface area contributed by atoms with Crippen LogP contribution in [0.25, 0.3) is 11.4 Å². The van der Waals surface area contributed by atoms with Gasteiger partial charge in [0.05, 0.1) is 11.3 Å². The molecule has 0 saturated heterocycles. The summed E-state index contributed by atoms with van der Waals surface area (Å²) in [4.78, 5) is 13.6. The molecule has 0 saturated carbocycles. The molecule has 3 aromatic rings. The second kappa shape index (κ2) is 9.17. The van der Waals surface area contributed by atoms with Crippen molar-refractivity contribution < 1.29 is 4.79 Å². The lowest BCUT2D eigenvalue weighted by atomic mass is 10.2. The Morgan fingerprint density at radius 3 is 2.93 bits per heavy atom. The third kappa shape index (κ3) is 4.58. The quantitative estimate of drug-likeness (QED) is 0.540. The van der Waals surface area contributed by atoms with Crippen LogP contribution < -0.4 is 5.32 Å².